The molecular formula is C24H26N2O4S. The highest BCUT2D eigenvalue weighted by molar-refractivity contribution is 7.92. The van der Waals surface area contributed by atoms with E-state index in [1.165, 1.54) is 16.4 Å². The number of methoxy groups -OCH3 is 1. The zero-order valence-corrected chi connectivity index (χ0v) is 18.4. The Morgan fingerprint density at radius 1 is 0.968 bits per heavy atom. The second-order valence-corrected chi connectivity index (χ2v) is 8.71. The second-order valence-electron chi connectivity index (χ2n) is 6.85. The van der Waals surface area contributed by atoms with Crippen molar-refractivity contribution in [2.45, 2.75) is 18.2 Å². The van der Waals surface area contributed by atoms with E-state index in [-0.39, 0.29) is 17.3 Å². The van der Waals surface area contributed by atoms with Crippen molar-refractivity contribution in [2.24, 2.45) is 0 Å². The van der Waals surface area contributed by atoms with Crippen molar-refractivity contribution in [3.05, 3.63) is 90.0 Å². The van der Waals surface area contributed by atoms with Crippen molar-refractivity contribution in [3.8, 4) is 5.75 Å². The summed E-state index contributed by atoms with van der Waals surface area (Å²) >= 11 is 0. The summed E-state index contributed by atoms with van der Waals surface area (Å²) in [5.41, 5.74) is 1.87. The Morgan fingerprint density at radius 2 is 1.68 bits per heavy atom. The summed E-state index contributed by atoms with van der Waals surface area (Å²) in [5, 5.41) is 2.85. The zero-order valence-electron chi connectivity index (χ0n) is 17.6. The smallest absolute Gasteiger partial charge is 0.264 e. The fourth-order valence-corrected chi connectivity index (χ4v) is 4.85. The van der Waals surface area contributed by atoms with Crippen molar-refractivity contribution in [1.29, 1.82) is 0 Å². The Kier molecular flexibility index (Phi) is 7.31. The molecule has 0 heterocycles. The summed E-state index contributed by atoms with van der Waals surface area (Å²) in [6.07, 6.45) is 0.603. The maximum Gasteiger partial charge on any atom is 0.264 e. The molecule has 0 aliphatic rings. The van der Waals surface area contributed by atoms with Crippen LogP contribution < -0.4 is 14.4 Å². The van der Waals surface area contributed by atoms with Gasteiger partial charge in [-0.1, -0.05) is 42.5 Å². The first-order valence-corrected chi connectivity index (χ1v) is 11.5. The van der Waals surface area contributed by atoms with E-state index in [9.17, 15) is 13.2 Å². The first-order valence-electron chi connectivity index (χ1n) is 10.0. The Labute approximate surface area is 183 Å². The highest BCUT2D eigenvalue weighted by atomic mass is 32.2. The van der Waals surface area contributed by atoms with Gasteiger partial charge in [0, 0.05) is 18.7 Å². The van der Waals surface area contributed by atoms with Gasteiger partial charge in [-0.3, -0.25) is 9.10 Å². The fraction of sp³-hybridized carbons (Fsp3) is 0.208. The van der Waals surface area contributed by atoms with Crippen LogP contribution in [0.15, 0.2) is 83.8 Å². The molecule has 1 N–H and O–H groups in total. The van der Waals surface area contributed by atoms with Crippen LogP contribution in [0.5, 0.6) is 5.75 Å². The van der Waals surface area contributed by atoms with Crippen LogP contribution in [0.25, 0.3) is 0 Å². The summed E-state index contributed by atoms with van der Waals surface area (Å²) in [4.78, 5) is 12.7. The van der Waals surface area contributed by atoms with E-state index in [2.05, 4.69) is 5.32 Å². The Morgan fingerprint density at radius 3 is 2.39 bits per heavy atom. The van der Waals surface area contributed by atoms with Gasteiger partial charge in [0.15, 0.2) is 0 Å². The number of hydrogen-bond donors (Lipinski definition) is 1. The van der Waals surface area contributed by atoms with Crippen molar-refractivity contribution in [3.63, 3.8) is 0 Å². The molecule has 0 saturated heterocycles. The normalized spacial score (nSPS) is 11.0. The Hall–Kier alpha value is -3.32. The van der Waals surface area contributed by atoms with Crippen LogP contribution >= 0.6 is 0 Å². The van der Waals surface area contributed by atoms with Crippen LogP contribution in [0.1, 0.15) is 22.8 Å². The highest BCUT2D eigenvalue weighted by Gasteiger charge is 2.24. The molecule has 3 aromatic rings. The van der Waals surface area contributed by atoms with Crippen molar-refractivity contribution in [2.75, 3.05) is 24.5 Å². The lowest BCUT2D eigenvalue weighted by molar-refractivity contribution is 0.0954. The van der Waals surface area contributed by atoms with E-state index in [1.807, 2.05) is 30.3 Å². The molecule has 0 bridgehead atoms. The number of ether oxygens (including phenoxy) is 1. The minimum absolute atomic E-state index is 0.0792. The second kappa shape index (κ2) is 10.1. The van der Waals surface area contributed by atoms with E-state index in [4.69, 9.17) is 4.74 Å². The van der Waals surface area contributed by atoms with Crippen LogP contribution in [0.2, 0.25) is 0 Å². The van der Waals surface area contributed by atoms with Crippen molar-refractivity contribution < 1.29 is 17.9 Å². The van der Waals surface area contributed by atoms with Gasteiger partial charge in [0.1, 0.15) is 5.75 Å². The number of benzene rings is 3. The molecule has 3 rings (SSSR count). The summed E-state index contributed by atoms with van der Waals surface area (Å²) in [6, 6.07) is 22.6. The molecule has 1 amide bonds. The van der Waals surface area contributed by atoms with Crippen LogP contribution in [0, 0.1) is 0 Å². The molecular weight excluding hydrogens is 412 g/mol. The topological polar surface area (TPSA) is 75.7 Å². The van der Waals surface area contributed by atoms with Crippen LogP contribution in [0.4, 0.5) is 5.69 Å². The molecule has 162 valence electrons. The SMILES string of the molecule is CCN(c1ccccc1)S(=O)(=O)c1cccc(C(=O)NCCc2ccccc2OC)c1. The van der Waals surface area contributed by atoms with Gasteiger partial charge in [-0.2, -0.15) is 0 Å². The van der Waals surface area contributed by atoms with Gasteiger partial charge in [-0.25, -0.2) is 8.42 Å². The monoisotopic (exact) mass is 438 g/mol. The maximum absolute atomic E-state index is 13.2. The van der Waals surface area contributed by atoms with E-state index in [1.54, 1.807) is 50.4 Å². The van der Waals surface area contributed by atoms with E-state index in [0.717, 1.165) is 11.3 Å². The molecule has 7 heteroatoms. The first-order chi connectivity index (χ1) is 15.0. The van der Waals surface area contributed by atoms with Crippen LogP contribution in [0.3, 0.4) is 0 Å². The molecule has 0 saturated carbocycles. The average Bonchev–Trinajstić information content (AvgIpc) is 2.80. The number of hydrogen-bond acceptors (Lipinski definition) is 4. The lowest BCUT2D eigenvalue weighted by Crippen LogP contribution is -2.31. The van der Waals surface area contributed by atoms with Gasteiger partial charge < -0.3 is 10.1 Å². The molecule has 0 aliphatic carbocycles. The number of para-hydroxylation sites is 2. The third-order valence-electron chi connectivity index (χ3n) is 4.89. The maximum atomic E-state index is 13.2. The van der Waals surface area contributed by atoms with Gasteiger partial charge >= 0.3 is 0 Å². The molecule has 3 aromatic carbocycles. The van der Waals surface area contributed by atoms with Gasteiger partial charge in [0.05, 0.1) is 17.7 Å². The van der Waals surface area contributed by atoms with E-state index >= 15 is 0 Å². The quantitative estimate of drug-likeness (QED) is 0.550. The summed E-state index contributed by atoms with van der Waals surface area (Å²) < 4.78 is 33.0. The van der Waals surface area contributed by atoms with Gasteiger partial charge in [-0.15, -0.1) is 0 Å². The lowest BCUT2D eigenvalue weighted by atomic mass is 10.1. The highest BCUT2D eigenvalue weighted by Crippen LogP contribution is 2.24. The Bertz CT molecular complexity index is 1130. The predicted molar refractivity (Wildman–Crippen MR) is 122 cm³/mol. The van der Waals surface area contributed by atoms with Crippen molar-refractivity contribution in [1.82, 2.24) is 5.32 Å². The summed E-state index contributed by atoms with van der Waals surface area (Å²) in [6.45, 7) is 2.46. The van der Waals surface area contributed by atoms with Gasteiger partial charge in [0.25, 0.3) is 15.9 Å². The van der Waals surface area contributed by atoms with E-state index < -0.39 is 10.0 Å². The van der Waals surface area contributed by atoms with E-state index in [0.29, 0.717) is 24.2 Å². The number of rotatable bonds is 9. The summed E-state index contributed by atoms with van der Waals surface area (Å²) in [7, 11) is -2.19. The van der Waals surface area contributed by atoms with Gasteiger partial charge in [-0.05, 0) is 55.3 Å². The third-order valence-corrected chi connectivity index (χ3v) is 6.79. The third kappa shape index (κ3) is 5.24. The molecule has 6 nitrogen and oxygen atoms in total. The molecule has 31 heavy (non-hydrogen) atoms. The zero-order chi connectivity index (χ0) is 22.3. The minimum atomic E-state index is -3.80. The molecule has 0 spiro atoms. The van der Waals surface area contributed by atoms with Crippen LogP contribution in [-0.4, -0.2) is 34.5 Å². The Balaban J connectivity index is 1.73. The number of amides is 1. The number of anilines is 1. The van der Waals surface area contributed by atoms with Gasteiger partial charge in [0.2, 0.25) is 0 Å². The van der Waals surface area contributed by atoms with Crippen molar-refractivity contribution >= 4 is 21.6 Å². The standard InChI is InChI=1S/C24H26N2O4S/c1-3-26(21-12-5-4-6-13-21)31(28,29)22-14-9-11-20(18-22)24(27)25-17-16-19-10-7-8-15-23(19)30-2/h4-15,18H,3,16-17H2,1-2H3,(H,25,27). The predicted octanol–water partition coefficient (Wildman–Crippen LogP) is 3.88. The number of sulfonamides is 1. The van der Waals surface area contributed by atoms with Crippen LogP contribution in [-0.2, 0) is 16.4 Å². The molecule has 0 aliphatic heterocycles. The molecule has 0 aromatic heterocycles. The minimum Gasteiger partial charge on any atom is -0.496 e. The molecule has 0 unspecified atom stereocenters. The summed E-state index contributed by atoms with van der Waals surface area (Å²) in [5.74, 6) is 0.445. The molecule has 0 atom stereocenters. The number of carbonyl (C=O) groups is 1. The number of carbonyl (C=O) groups excluding carboxylic acids is 1. The number of nitrogens with one attached hydrogen (secondary N) is 1. The fourth-order valence-electron chi connectivity index (χ4n) is 3.33. The average molecular weight is 439 g/mol. The first kappa shape index (κ1) is 22.4. The molecule has 0 fully saturated rings. The lowest BCUT2D eigenvalue weighted by Gasteiger charge is -2.23. The largest absolute Gasteiger partial charge is 0.496 e. The molecule has 0 radical (unpaired) electrons. The number of nitrogens with zero attached hydrogens (tertiary/aromatic N) is 1.